The van der Waals surface area contributed by atoms with Crippen LogP contribution in [0.25, 0.3) is 0 Å². The molecule has 1 aromatic rings. The molecule has 1 aliphatic rings. The normalized spacial score (nSPS) is 27.7. The zero-order chi connectivity index (χ0) is 15.8. The molecule has 0 aliphatic carbocycles. The zero-order valence-corrected chi connectivity index (χ0v) is 12.0. The highest BCUT2D eigenvalue weighted by atomic mass is 16.7. The molecular weight excluding hydrogens is 282 g/mol. The lowest BCUT2D eigenvalue weighted by Gasteiger charge is -2.41. The number of aromatic amines is 1. The summed E-state index contributed by atoms with van der Waals surface area (Å²) in [5, 5.41) is 12.9. The van der Waals surface area contributed by atoms with Crippen molar-refractivity contribution < 1.29 is 19.3 Å². The summed E-state index contributed by atoms with van der Waals surface area (Å²) < 4.78 is 16.1. The summed E-state index contributed by atoms with van der Waals surface area (Å²) in [5.41, 5.74) is 9.10. The van der Waals surface area contributed by atoms with E-state index in [4.69, 9.17) is 25.7 Å². The van der Waals surface area contributed by atoms with E-state index in [9.17, 15) is 9.90 Å². The van der Waals surface area contributed by atoms with E-state index in [-0.39, 0.29) is 24.1 Å². The van der Waals surface area contributed by atoms with Gasteiger partial charge in [0, 0.05) is 14.2 Å². The average Bonchev–Trinajstić information content (AvgIpc) is 2.66. The molecule has 0 amide bonds. The molecule has 0 spiro atoms. The smallest absolute Gasteiger partial charge is 0.277 e. The summed E-state index contributed by atoms with van der Waals surface area (Å²) in [6, 6.07) is 0. The van der Waals surface area contributed by atoms with Crippen molar-refractivity contribution in [2.45, 2.75) is 24.5 Å². The Kier molecular flexibility index (Phi) is 3.80. The molecule has 0 radical (unpaired) electrons. The highest BCUT2D eigenvalue weighted by molar-refractivity contribution is 5.62. The van der Waals surface area contributed by atoms with Crippen molar-refractivity contribution in [2.75, 3.05) is 37.6 Å². The number of hydrogen-bond acceptors (Lipinski definition) is 9. The summed E-state index contributed by atoms with van der Waals surface area (Å²) in [6.07, 6.45) is -1.06. The van der Waals surface area contributed by atoms with Crippen LogP contribution in [0.4, 0.5) is 17.5 Å². The molecule has 2 heterocycles. The highest BCUT2D eigenvalue weighted by Crippen LogP contribution is 2.40. The zero-order valence-electron chi connectivity index (χ0n) is 12.0. The van der Waals surface area contributed by atoms with E-state index in [0.717, 1.165) is 0 Å². The molecule has 1 aromatic heterocycles. The number of anilines is 3. The molecule has 1 fully saturated rings. The van der Waals surface area contributed by atoms with Crippen molar-refractivity contribution in [2.24, 2.45) is 0 Å². The third-order valence-electron chi connectivity index (χ3n) is 3.57. The van der Waals surface area contributed by atoms with Gasteiger partial charge in [-0.15, -0.1) is 0 Å². The fraction of sp³-hybridized carbons (Fsp3) is 0.636. The maximum absolute atomic E-state index is 11.9. The van der Waals surface area contributed by atoms with Gasteiger partial charge >= 0.3 is 0 Å². The van der Waals surface area contributed by atoms with E-state index in [1.54, 1.807) is 6.92 Å². The number of nitrogens with one attached hydrogen (secondary N) is 2. The van der Waals surface area contributed by atoms with Crippen molar-refractivity contribution in [1.29, 1.82) is 0 Å². The third kappa shape index (κ3) is 2.21. The van der Waals surface area contributed by atoms with Crippen LogP contribution in [0, 0.1) is 0 Å². The summed E-state index contributed by atoms with van der Waals surface area (Å²) >= 11 is 0. The summed E-state index contributed by atoms with van der Waals surface area (Å²) in [6.45, 7) is 1.51. The van der Waals surface area contributed by atoms with Crippen LogP contribution < -0.4 is 22.3 Å². The number of ether oxygens (including phenoxy) is 3. The van der Waals surface area contributed by atoms with Gasteiger partial charge in [-0.05, 0) is 6.92 Å². The van der Waals surface area contributed by atoms with Crippen molar-refractivity contribution >= 4 is 17.5 Å². The van der Waals surface area contributed by atoms with E-state index in [2.05, 4.69) is 15.3 Å². The van der Waals surface area contributed by atoms with Crippen LogP contribution in [0.3, 0.4) is 0 Å². The van der Waals surface area contributed by atoms with Gasteiger partial charge in [-0.3, -0.25) is 9.78 Å². The van der Waals surface area contributed by atoms with Crippen molar-refractivity contribution in [3.05, 3.63) is 10.4 Å². The van der Waals surface area contributed by atoms with Crippen LogP contribution in [-0.4, -0.2) is 53.5 Å². The number of nitrogen functional groups attached to an aromatic ring is 2. The van der Waals surface area contributed by atoms with Crippen molar-refractivity contribution in [3.8, 4) is 0 Å². The monoisotopic (exact) mass is 301 g/mol. The first kappa shape index (κ1) is 15.5. The quantitative estimate of drug-likeness (QED) is 0.415. The predicted octanol–water partition coefficient (Wildman–Crippen LogP) is -1.56. The Balaban J connectivity index is 2.45. The third-order valence-corrected chi connectivity index (χ3v) is 3.57. The largest absolute Gasteiger partial charge is 0.385 e. The number of aliphatic hydroxyl groups excluding tert-OH is 1. The van der Waals surface area contributed by atoms with Gasteiger partial charge in [-0.2, -0.15) is 4.98 Å². The number of aliphatic hydroxyl groups is 1. The van der Waals surface area contributed by atoms with Gasteiger partial charge in [0.2, 0.25) is 11.7 Å². The lowest BCUT2D eigenvalue weighted by atomic mass is 10.0. The number of rotatable bonds is 4. The molecule has 7 N–H and O–H groups in total. The minimum atomic E-state index is -1.52. The number of hydrogen-bond donors (Lipinski definition) is 5. The minimum Gasteiger partial charge on any atom is -0.385 e. The molecule has 2 atom stereocenters. The Hall–Kier alpha value is -1.88. The molecule has 2 unspecified atom stereocenters. The Labute approximate surface area is 120 Å². The number of aromatic nitrogens is 2. The molecule has 1 saturated heterocycles. The van der Waals surface area contributed by atoms with E-state index < -0.39 is 23.2 Å². The lowest BCUT2D eigenvalue weighted by molar-refractivity contribution is -0.285. The maximum atomic E-state index is 11.9. The molecule has 10 nitrogen and oxygen atoms in total. The molecular formula is C11H19N5O5. The molecule has 0 aromatic carbocycles. The molecule has 0 saturated carbocycles. The van der Waals surface area contributed by atoms with Crippen molar-refractivity contribution in [3.63, 3.8) is 0 Å². The topological polar surface area (TPSA) is 158 Å². The van der Waals surface area contributed by atoms with Crippen LogP contribution in [0.15, 0.2) is 4.79 Å². The Morgan fingerprint density at radius 3 is 2.62 bits per heavy atom. The SMILES string of the molecule is COC1(OC)C(O)COC1(C)Nc1c(N)nc(N)[nH]c1=O. The van der Waals surface area contributed by atoms with Gasteiger partial charge in [-0.25, -0.2) is 0 Å². The van der Waals surface area contributed by atoms with Crippen LogP contribution in [-0.2, 0) is 14.2 Å². The van der Waals surface area contributed by atoms with Gasteiger partial charge in [-0.1, -0.05) is 0 Å². The van der Waals surface area contributed by atoms with Crippen LogP contribution in [0.1, 0.15) is 6.92 Å². The Morgan fingerprint density at radius 2 is 2.10 bits per heavy atom. The minimum absolute atomic E-state index is 0.0502. The van der Waals surface area contributed by atoms with Gasteiger partial charge < -0.3 is 36.1 Å². The van der Waals surface area contributed by atoms with Gasteiger partial charge in [0.1, 0.15) is 11.8 Å². The van der Waals surface area contributed by atoms with E-state index >= 15 is 0 Å². The lowest BCUT2D eigenvalue weighted by Crippen LogP contribution is -2.61. The number of H-pyrrole nitrogens is 1. The predicted molar refractivity (Wildman–Crippen MR) is 74.4 cm³/mol. The standard InChI is InChI=1S/C11H19N5O5/c1-10(11(19-2,20-3)5(17)4-21-10)16-6-7(12)14-9(13)15-8(6)18/h5,16-17H,4H2,1-3H3,(H5,12,13,14,15,18). The summed E-state index contributed by atoms with van der Waals surface area (Å²) in [4.78, 5) is 18.0. The van der Waals surface area contributed by atoms with Gasteiger partial charge in [0.05, 0.1) is 6.61 Å². The highest BCUT2D eigenvalue weighted by Gasteiger charge is 2.62. The molecule has 21 heavy (non-hydrogen) atoms. The molecule has 118 valence electrons. The second kappa shape index (κ2) is 5.15. The van der Waals surface area contributed by atoms with Crippen LogP contribution in [0.5, 0.6) is 0 Å². The molecule has 0 bridgehead atoms. The van der Waals surface area contributed by atoms with Crippen molar-refractivity contribution in [1.82, 2.24) is 9.97 Å². The summed E-state index contributed by atoms with van der Waals surface area (Å²) in [7, 11) is 2.71. The number of methoxy groups -OCH3 is 2. The first-order chi connectivity index (χ1) is 9.79. The summed E-state index contributed by atoms with van der Waals surface area (Å²) in [5.74, 6) is -1.73. The molecule has 10 heteroatoms. The molecule has 2 rings (SSSR count). The van der Waals surface area contributed by atoms with E-state index in [0.29, 0.717) is 0 Å². The first-order valence-electron chi connectivity index (χ1n) is 6.15. The number of nitrogens with two attached hydrogens (primary N) is 2. The van der Waals surface area contributed by atoms with Gasteiger partial charge in [0.25, 0.3) is 5.56 Å². The second-order valence-electron chi connectivity index (χ2n) is 4.77. The average molecular weight is 301 g/mol. The van der Waals surface area contributed by atoms with E-state index in [1.807, 2.05) is 0 Å². The molecule has 1 aliphatic heterocycles. The fourth-order valence-electron chi connectivity index (χ4n) is 2.51. The number of nitrogens with zero attached hydrogens (tertiary/aromatic N) is 1. The first-order valence-corrected chi connectivity index (χ1v) is 6.15. The maximum Gasteiger partial charge on any atom is 0.277 e. The van der Waals surface area contributed by atoms with E-state index in [1.165, 1.54) is 14.2 Å². The van der Waals surface area contributed by atoms with Crippen LogP contribution in [0.2, 0.25) is 0 Å². The second-order valence-corrected chi connectivity index (χ2v) is 4.77. The van der Waals surface area contributed by atoms with Crippen LogP contribution >= 0.6 is 0 Å². The van der Waals surface area contributed by atoms with Gasteiger partial charge in [0.15, 0.2) is 11.5 Å². The fourth-order valence-corrected chi connectivity index (χ4v) is 2.51. The Bertz CT molecular complexity index is 587. The Morgan fingerprint density at radius 1 is 1.48 bits per heavy atom.